The number of amides is 4. The molecule has 17 N–H and O–H groups in total. The van der Waals surface area contributed by atoms with E-state index in [4.69, 9.17) is 39.5 Å². The van der Waals surface area contributed by atoms with E-state index in [0.29, 0.717) is 0 Å². The Morgan fingerprint density at radius 1 is 0.604 bits per heavy atom. The smallest absolute Gasteiger partial charge is 0.306 e. The monoisotopic (exact) mass is 755 g/mol. The topological polar surface area (TPSA) is 394 Å². The highest BCUT2D eigenvalue weighted by Gasteiger charge is 2.32. The van der Waals surface area contributed by atoms with Crippen molar-refractivity contribution >= 4 is 58.9 Å². The zero-order valence-electron chi connectivity index (χ0n) is 30.5. The van der Waals surface area contributed by atoms with Crippen molar-refractivity contribution in [3.63, 3.8) is 0 Å². The van der Waals surface area contributed by atoms with Crippen LogP contribution in [-0.2, 0) is 38.4 Å². The van der Waals surface area contributed by atoms with Crippen LogP contribution in [0.2, 0.25) is 0 Å². The number of carboxylic acids is 1. The van der Waals surface area contributed by atoms with E-state index in [1.54, 1.807) is 0 Å². The third-order valence-corrected chi connectivity index (χ3v) is 8.04. The number of nitrogens with one attached hydrogen (secondary N) is 3. The zero-order valence-corrected chi connectivity index (χ0v) is 30.5. The number of ketones is 3. The molecule has 21 nitrogen and oxygen atoms in total. The third kappa shape index (κ3) is 20.4. The number of aliphatic imine (C=N–C) groups is 2. The second-order valence-corrected chi connectivity index (χ2v) is 12.9. The number of guanidine groups is 2. The minimum absolute atomic E-state index is 0.00509. The lowest BCUT2D eigenvalue weighted by Gasteiger charge is -2.25. The summed E-state index contributed by atoms with van der Waals surface area (Å²) in [5, 5.41) is 26.2. The number of Topliss-reactive ketones (excluding diaryl/α,β-unsaturated/α-hetero) is 3. The molecule has 0 rings (SSSR count). The van der Waals surface area contributed by atoms with Gasteiger partial charge in [-0.3, -0.25) is 48.3 Å². The molecule has 53 heavy (non-hydrogen) atoms. The Hall–Kier alpha value is -5.18. The van der Waals surface area contributed by atoms with Gasteiger partial charge in [-0.05, 0) is 39.0 Å². The van der Waals surface area contributed by atoms with Gasteiger partial charge >= 0.3 is 5.97 Å². The van der Waals surface area contributed by atoms with Gasteiger partial charge in [-0.15, -0.1) is 0 Å². The van der Waals surface area contributed by atoms with Crippen molar-refractivity contribution in [1.82, 2.24) is 16.0 Å². The molecule has 0 heterocycles. The second-order valence-electron chi connectivity index (χ2n) is 12.9. The van der Waals surface area contributed by atoms with Crippen molar-refractivity contribution in [2.75, 3.05) is 19.7 Å². The van der Waals surface area contributed by atoms with Gasteiger partial charge in [0.05, 0.1) is 30.7 Å². The van der Waals surface area contributed by atoms with Gasteiger partial charge < -0.3 is 60.6 Å². The highest BCUT2D eigenvalue weighted by Crippen LogP contribution is 2.18. The van der Waals surface area contributed by atoms with Crippen LogP contribution in [0.25, 0.3) is 0 Å². The summed E-state index contributed by atoms with van der Waals surface area (Å²) in [5.74, 6) is -9.77. The molecule has 0 spiro atoms. The lowest BCUT2D eigenvalue weighted by Crippen LogP contribution is -2.49. The summed E-state index contributed by atoms with van der Waals surface area (Å²) in [6.07, 6.45) is -1.26. The Labute approximate surface area is 307 Å². The van der Waals surface area contributed by atoms with Crippen LogP contribution < -0.4 is 50.4 Å². The van der Waals surface area contributed by atoms with Crippen molar-refractivity contribution in [1.29, 1.82) is 0 Å². The Balaban J connectivity index is 6.12. The number of nitrogens with zero attached hydrogens (tertiary/aromatic N) is 2. The summed E-state index contributed by atoms with van der Waals surface area (Å²) >= 11 is 0. The minimum Gasteiger partial charge on any atom is -0.481 e. The van der Waals surface area contributed by atoms with Crippen molar-refractivity contribution in [2.45, 2.75) is 103 Å². The zero-order chi connectivity index (χ0) is 40.8. The average molecular weight is 756 g/mol. The number of aliphatic carboxylic acids is 1. The maximum atomic E-state index is 13.7. The van der Waals surface area contributed by atoms with Crippen LogP contribution in [0.15, 0.2) is 9.98 Å². The molecule has 0 fully saturated rings. The second kappa shape index (κ2) is 24.9. The standard InChI is InChI=1S/C32H57N11O10/c1-16(27(49)43-22(15-44)24(46)13-17(2)30(52)53)12-23(45)20(6-4-10-39-31(35)36)42-29(51)19(8-9-26(34)48)14-25(47)21(41-28(50)18(3)33)7-5-11-40-32(37)38/h16-22,44H,4-15,33H2,1-3H3,(H2,34,48)(H,41,50)(H,42,51)(H,43,49)(H,52,53)(H4,35,36,39)(H4,37,38,40)/t16-,17-,18+,19-,20+,21+,22+/m1/s1. The molecule has 0 radical (unpaired) electrons. The van der Waals surface area contributed by atoms with Crippen molar-refractivity contribution in [2.24, 2.45) is 62.1 Å². The first-order valence-electron chi connectivity index (χ1n) is 17.2. The summed E-state index contributed by atoms with van der Waals surface area (Å²) in [4.78, 5) is 109. The van der Waals surface area contributed by atoms with Crippen LogP contribution >= 0.6 is 0 Å². The molecule has 21 heteroatoms. The van der Waals surface area contributed by atoms with E-state index < -0.39 is 115 Å². The number of hydrogen-bond acceptors (Lipinski definition) is 12. The van der Waals surface area contributed by atoms with Crippen molar-refractivity contribution < 1.29 is 48.6 Å². The number of primary amides is 1. The Kier molecular flexibility index (Phi) is 22.5. The molecule has 0 aliphatic heterocycles. The summed E-state index contributed by atoms with van der Waals surface area (Å²) in [6, 6.07) is -4.68. The molecule has 7 atom stereocenters. The Morgan fingerprint density at radius 2 is 1.04 bits per heavy atom. The average Bonchev–Trinajstić information content (AvgIpc) is 3.06. The van der Waals surface area contributed by atoms with Crippen LogP contribution in [-0.4, -0.2) is 113 Å². The van der Waals surface area contributed by atoms with Crippen LogP contribution in [0.5, 0.6) is 0 Å². The van der Waals surface area contributed by atoms with Gasteiger partial charge in [-0.25, -0.2) is 0 Å². The van der Waals surface area contributed by atoms with Gasteiger partial charge in [-0.2, -0.15) is 0 Å². The van der Waals surface area contributed by atoms with E-state index in [9.17, 15) is 43.5 Å². The van der Waals surface area contributed by atoms with E-state index in [2.05, 4.69) is 25.9 Å². The van der Waals surface area contributed by atoms with Crippen LogP contribution in [0, 0.1) is 17.8 Å². The lowest BCUT2D eigenvalue weighted by molar-refractivity contribution is -0.143. The quantitative estimate of drug-likeness (QED) is 0.0206. The molecule has 0 saturated heterocycles. The number of carboxylic acid groups (broad SMARTS) is 1. The number of hydrogen-bond donors (Lipinski definition) is 11. The van der Waals surface area contributed by atoms with Crippen molar-refractivity contribution in [3.8, 4) is 0 Å². The summed E-state index contributed by atoms with van der Waals surface area (Å²) in [7, 11) is 0. The fourth-order valence-electron chi connectivity index (χ4n) is 4.86. The minimum atomic E-state index is -1.41. The highest BCUT2D eigenvalue weighted by atomic mass is 16.4. The number of nitrogens with two attached hydrogens (primary N) is 6. The molecule has 0 aliphatic carbocycles. The van der Waals surface area contributed by atoms with Gasteiger partial charge in [0.15, 0.2) is 29.3 Å². The first-order valence-corrected chi connectivity index (χ1v) is 17.2. The van der Waals surface area contributed by atoms with E-state index in [0.717, 1.165) is 0 Å². The Morgan fingerprint density at radius 3 is 1.47 bits per heavy atom. The largest absolute Gasteiger partial charge is 0.481 e. The summed E-state index contributed by atoms with van der Waals surface area (Å²) in [5.41, 5.74) is 32.5. The lowest BCUT2D eigenvalue weighted by atomic mass is 9.90. The Bertz CT molecular complexity index is 1350. The predicted octanol–water partition coefficient (Wildman–Crippen LogP) is -4.00. The summed E-state index contributed by atoms with van der Waals surface area (Å²) in [6.45, 7) is 3.51. The van der Waals surface area contributed by atoms with Gasteiger partial charge in [-0.1, -0.05) is 13.8 Å². The molecule has 0 aliphatic rings. The molecule has 0 aromatic heterocycles. The van der Waals surface area contributed by atoms with Gasteiger partial charge in [0.2, 0.25) is 23.6 Å². The predicted molar refractivity (Wildman–Crippen MR) is 193 cm³/mol. The third-order valence-electron chi connectivity index (χ3n) is 8.04. The normalized spacial score (nSPS) is 14.8. The molecule has 0 aromatic rings. The number of carbonyl (C=O) groups is 8. The highest BCUT2D eigenvalue weighted by molar-refractivity contribution is 5.97. The molecular weight excluding hydrogens is 698 g/mol. The van der Waals surface area contributed by atoms with E-state index in [1.807, 2.05) is 0 Å². The van der Waals surface area contributed by atoms with E-state index in [-0.39, 0.29) is 63.5 Å². The number of aliphatic hydroxyl groups is 1. The van der Waals surface area contributed by atoms with Crippen molar-refractivity contribution in [3.05, 3.63) is 0 Å². The molecule has 0 unspecified atom stereocenters. The van der Waals surface area contributed by atoms with Gasteiger partial charge in [0.25, 0.3) is 0 Å². The maximum Gasteiger partial charge on any atom is 0.306 e. The number of carbonyl (C=O) groups excluding carboxylic acids is 7. The first-order chi connectivity index (χ1) is 24.7. The van der Waals surface area contributed by atoms with Gasteiger partial charge in [0.1, 0.15) is 6.04 Å². The summed E-state index contributed by atoms with van der Waals surface area (Å²) < 4.78 is 0. The number of aliphatic hydroxyl groups excluding tert-OH is 1. The molecule has 300 valence electrons. The van der Waals surface area contributed by atoms with Crippen LogP contribution in [0.4, 0.5) is 0 Å². The van der Waals surface area contributed by atoms with Crippen LogP contribution in [0.3, 0.4) is 0 Å². The molecule has 4 amide bonds. The van der Waals surface area contributed by atoms with E-state index in [1.165, 1.54) is 20.8 Å². The van der Waals surface area contributed by atoms with E-state index >= 15 is 0 Å². The number of rotatable bonds is 28. The maximum absolute atomic E-state index is 13.7. The fourth-order valence-corrected chi connectivity index (χ4v) is 4.86. The first kappa shape index (κ1) is 47.8. The molecule has 0 aromatic carbocycles. The van der Waals surface area contributed by atoms with Gasteiger partial charge in [0, 0.05) is 50.6 Å². The van der Waals surface area contributed by atoms with Crippen LogP contribution in [0.1, 0.15) is 78.6 Å². The molecular formula is C32H57N11O10. The molecule has 0 bridgehead atoms. The molecule has 0 saturated carbocycles. The SMILES string of the molecule is C[C@H](N)C(=O)N[C@@H](CCCN=C(N)N)C(=O)C[C@@H](CCC(N)=O)C(=O)N[C@@H](CCCN=C(N)N)C(=O)C[C@@H](C)C(=O)N[C@@H](CO)C(=O)C[C@@H](C)C(=O)O. The fraction of sp³-hybridized carbons (Fsp3) is 0.688.